The van der Waals surface area contributed by atoms with Gasteiger partial charge in [0.1, 0.15) is 0 Å². The maximum atomic E-state index is 5.24. The quantitative estimate of drug-likeness (QED) is 0.585. The molecule has 0 aromatic carbocycles. The van der Waals surface area contributed by atoms with Gasteiger partial charge in [0.05, 0.1) is 0 Å². The lowest BCUT2D eigenvalue weighted by molar-refractivity contribution is 0.528. The minimum Gasteiger partial charge on any atom is -0.366 e. The molecular formula is C5H9N4. The van der Waals surface area contributed by atoms with Gasteiger partial charge in [0.2, 0.25) is 5.95 Å². The first-order valence-corrected chi connectivity index (χ1v) is 2.80. The van der Waals surface area contributed by atoms with E-state index < -0.39 is 0 Å². The van der Waals surface area contributed by atoms with Crippen LogP contribution in [0, 0.1) is 6.33 Å². The van der Waals surface area contributed by atoms with E-state index in [0.29, 0.717) is 0 Å². The molecule has 1 radical (unpaired) electrons. The maximum Gasteiger partial charge on any atom is 0.240 e. The Morgan fingerprint density at radius 3 is 2.56 bits per heavy atom. The van der Waals surface area contributed by atoms with E-state index >= 15 is 0 Å². The van der Waals surface area contributed by atoms with Crippen LogP contribution in [0.1, 0.15) is 19.9 Å². The van der Waals surface area contributed by atoms with Crippen molar-refractivity contribution in [3.05, 3.63) is 6.33 Å². The summed E-state index contributed by atoms with van der Waals surface area (Å²) in [6.45, 7) is 3.98. The van der Waals surface area contributed by atoms with Crippen LogP contribution in [0.2, 0.25) is 0 Å². The Hall–Kier alpha value is -1.06. The number of aromatic nitrogens is 3. The molecule has 4 nitrogen and oxygen atoms in total. The topological polar surface area (TPSA) is 56.7 Å². The fourth-order valence-corrected chi connectivity index (χ4v) is 0.488. The highest BCUT2D eigenvalue weighted by atomic mass is 15.4. The average Bonchev–Trinajstić information content (AvgIpc) is 2.14. The summed E-state index contributed by atoms with van der Waals surface area (Å²) in [5.74, 6) is 0.281. The van der Waals surface area contributed by atoms with E-state index in [2.05, 4.69) is 16.4 Å². The van der Waals surface area contributed by atoms with Gasteiger partial charge in [0.15, 0.2) is 6.33 Å². The number of nitrogen functional groups attached to an aromatic ring is 1. The van der Waals surface area contributed by atoms with Crippen LogP contribution < -0.4 is 5.73 Å². The van der Waals surface area contributed by atoms with Crippen molar-refractivity contribution >= 4 is 5.95 Å². The van der Waals surface area contributed by atoms with E-state index in [-0.39, 0.29) is 12.0 Å². The molecular weight excluding hydrogens is 116 g/mol. The molecule has 0 fully saturated rings. The second kappa shape index (κ2) is 2.05. The zero-order valence-corrected chi connectivity index (χ0v) is 5.50. The summed E-state index contributed by atoms with van der Waals surface area (Å²) < 4.78 is 1.59. The summed E-state index contributed by atoms with van der Waals surface area (Å²) in [6, 6.07) is 0.287. The standard InChI is InChI=1S/C5H9N4/c1-4(2)9-3-7-5(6)8-9/h4H,1-2H3,(H2,6,8). The van der Waals surface area contributed by atoms with E-state index in [1.54, 1.807) is 4.68 Å². The van der Waals surface area contributed by atoms with Crippen molar-refractivity contribution in [3.8, 4) is 0 Å². The molecule has 1 rings (SSSR count). The molecule has 0 spiro atoms. The SMILES string of the molecule is CC(C)n1[c]nc(N)n1. The minimum atomic E-state index is 0.281. The predicted octanol–water partition coefficient (Wildman–Crippen LogP) is 0.241. The van der Waals surface area contributed by atoms with Crippen LogP contribution >= 0.6 is 0 Å². The Morgan fingerprint density at radius 1 is 1.67 bits per heavy atom. The summed E-state index contributed by atoms with van der Waals surface area (Å²) in [6.07, 6.45) is 2.64. The predicted molar refractivity (Wildman–Crippen MR) is 33.7 cm³/mol. The molecule has 1 aromatic heterocycles. The normalized spacial score (nSPS) is 10.6. The Bertz CT molecular complexity index is 191. The molecule has 2 N–H and O–H groups in total. The van der Waals surface area contributed by atoms with Crippen molar-refractivity contribution in [2.75, 3.05) is 5.73 Å². The van der Waals surface area contributed by atoms with Gasteiger partial charge in [-0.05, 0) is 13.8 Å². The van der Waals surface area contributed by atoms with Crippen molar-refractivity contribution in [2.45, 2.75) is 19.9 Å². The van der Waals surface area contributed by atoms with Gasteiger partial charge < -0.3 is 5.73 Å². The maximum absolute atomic E-state index is 5.24. The molecule has 1 heterocycles. The smallest absolute Gasteiger partial charge is 0.240 e. The molecule has 0 aliphatic heterocycles. The lowest BCUT2D eigenvalue weighted by Crippen LogP contribution is -2.01. The fourth-order valence-electron chi connectivity index (χ4n) is 0.488. The third-order valence-electron chi connectivity index (χ3n) is 0.966. The monoisotopic (exact) mass is 125 g/mol. The zero-order chi connectivity index (χ0) is 6.85. The highest BCUT2D eigenvalue weighted by Crippen LogP contribution is 1.99. The number of anilines is 1. The van der Waals surface area contributed by atoms with Gasteiger partial charge in [-0.1, -0.05) is 0 Å². The van der Waals surface area contributed by atoms with Crippen molar-refractivity contribution in [2.24, 2.45) is 0 Å². The number of rotatable bonds is 1. The molecule has 0 unspecified atom stereocenters. The van der Waals surface area contributed by atoms with Crippen molar-refractivity contribution in [3.63, 3.8) is 0 Å². The number of nitrogens with two attached hydrogens (primary N) is 1. The first-order chi connectivity index (χ1) is 4.20. The molecule has 1 aromatic rings. The van der Waals surface area contributed by atoms with Crippen LogP contribution in [0.4, 0.5) is 5.95 Å². The van der Waals surface area contributed by atoms with E-state index in [9.17, 15) is 0 Å². The molecule has 0 aliphatic rings. The zero-order valence-electron chi connectivity index (χ0n) is 5.50. The lowest BCUT2D eigenvalue weighted by Gasteiger charge is -1.99. The van der Waals surface area contributed by atoms with Crippen molar-refractivity contribution < 1.29 is 0 Å². The van der Waals surface area contributed by atoms with E-state index in [1.165, 1.54) is 0 Å². The molecule has 0 aliphatic carbocycles. The van der Waals surface area contributed by atoms with Crippen LogP contribution in [0.15, 0.2) is 0 Å². The number of hydrogen-bond donors (Lipinski definition) is 1. The highest BCUT2D eigenvalue weighted by molar-refractivity contribution is 5.08. The number of nitrogens with zero attached hydrogens (tertiary/aromatic N) is 3. The summed E-state index contributed by atoms with van der Waals surface area (Å²) in [5, 5.41) is 3.84. The van der Waals surface area contributed by atoms with Crippen LogP contribution in [-0.2, 0) is 0 Å². The van der Waals surface area contributed by atoms with Crippen LogP contribution in [0.5, 0.6) is 0 Å². The first-order valence-electron chi connectivity index (χ1n) is 2.80. The molecule has 0 bridgehead atoms. The van der Waals surface area contributed by atoms with Crippen molar-refractivity contribution in [1.29, 1.82) is 0 Å². The van der Waals surface area contributed by atoms with Crippen LogP contribution in [-0.4, -0.2) is 14.8 Å². The Labute approximate surface area is 53.7 Å². The van der Waals surface area contributed by atoms with E-state index in [1.807, 2.05) is 13.8 Å². The highest BCUT2D eigenvalue weighted by Gasteiger charge is 1.98. The van der Waals surface area contributed by atoms with Gasteiger partial charge in [-0.3, -0.25) is 0 Å². The fraction of sp³-hybridized carbons (Fsp3) is 0.600. The van der Waals surface area contributed by atoms with Gasteiger partial charge >= 0.3 is 0 Å². The summed E-state index contributed by atoms with van der Waals surface area (Å²) in [4.78, 5) is 3.64. The first kappa shape index (κ1) is 6.07. The molecule has 0 atom stereocenters. The average molecular weight is 125 g/mol. The summed E-state index contributed by atoms with van der Waals surface area (Å²) >= 11 is 0. The molecule has 0 amide bonds. The molecule has 49 valence electrons. The van der Waals surface area contributed by atoms with Crippen molar-refractivity contribution in [1.82, 2.24) is 14.8 Å². The van der Waals surface area contributed by atoms with Crippen LogP contribution in [0.25, 0.3) is 0 Å². The minimum absolute atomic E-state index is 0.281. The summed E-state index contributed by atoms with van der Waals surface area (Å²) in [5.41, 5.74) is 5.24. The largest absolute Gasteiger partial charge is 0.366 e. The Morgan fingerprint density at radius 2 is 2.33 bits per heavy atom. The lowest BCUT2D eigenvalue weighted by atomic mass is 10.4. The Balaban J connectivity index is 2.85. The molecule has 0 saturated carbocycles. The number of hydrogen-bond acceptors (Lipinski definition) is 3. The molecule has 9 heavy (non-hydrogen) atoms. The van der Waals surface area contributed by atoms with Gasteiger partial charge in [0, 0.05) is 6.04 Å². The molecule has 0 saturated heterocycles. The van der Waals surface area contributed by atoms with Gasteiger partial charge in [-0.15, -0.1) is 5.10 Å². The van der Waals surface area contributed by atoms with E-state index in [4.69, 9.17) is 5.73 Å². The third kappa shape index (κ3) is 1.19. The Kier molecular flexibility index (Phi) is 1.38. The third-order valence-corrected chi connectivity index (χ3v) is 0.966. The van der Waals surface area contributed by atoms with E-state index in [0.717, 1.165) is 0 Å². The van der Waals surface area contributed by atoms with Gasteiger partial charge in [-0.25, -0.2) is 4.68 Å². The second-order valence-corrected chi connectivity index (χ2v) is 2.11. The molecule has 4 heteroatoms. The second-order valence-electron chi connectivity index (χ2n) is 2.11. The van der Waals surface area contributed by atoms with Crippen LogP contribution in [0.3, 0.4) is 0 Å². The van der Waals surface area contributed by atoms with Gasteiger partial charge in [0.25, 0.3) is 0 Å². The van der Waals surface area contributed by atoms with Gasteiger partial charge in [-0.2, -0.15) is 4.98 Å². The summed E-state index contributed by atoms with van der Waals surface area (Å²) in [7, 11) is 0.